The van der Waals surface area contributed by atoms with Crippen LogP contribution in [0.2, 0.25) is 10.0 Å². The van der Waals surface area contributed by atoms with Crippen LogP contribution in [0.1, 0.15) is 27.5 Å². The molecule has 0 aliphatic carbocycles. The normalized spacial score (nSPS) is 19.5. The van der Waals surface area contributed by atoms with Crippen molar-refractivity contribution in [2.75, 3.05) is 10.2 Å². The smallest absolute Gasteiger partial charge is 0.325 e. The number of carbonyl (C=O) groups is 3. The van der Waals surface area contributed by atoms with E-state index in [4.69, 9.17) is 23.2 Å². The van der Waals surface area contributed by atoms with E-state index in [-0.39, 0.29) is 36.9 Å². The summed E-state index contributed by atoms with van der Waals surface area (Å²) in [7, 11) is 0. The van der Waals surface area contributed by atoms with Gasteiger partial charge in [-0.25, -0.2) is 4.90 Å². The van der Waals surface area contributed by atoms with Gasteiger partial charge in [-0.15, -0.1) is 0 Å². The molecule has 0 bridgehead atoms. The molecule has 3 atom stereocenters. The average Bonchev–Trinajstić information content (AvgIpc) is 3.44. The molecule has 3 aromatic carbocycles. The van der Waals surface area contributed by atoms with Gasteiger partial charge in [0.1, 0.15) is 11.8 Å². The minimum atomic E-state index is -4.75. The number of thiazole rings is 1. The summed E-state index contributed by atoms with van der Waals surface area (Å²) in [6.45, 7) is -0.666. The number of halogens is 8. The van der Waals surface area contributed by atoms with E-state index in [1.807, 2.05) is 0 Å². The lowest BCUT2D eigenvalue weighted by Gasteiger charge is -2.31. The third-order valence-corrected chi connectivity index (χ3v) is 11.0. The Bertz CT molecular complexity index is 2010. The number of fused-ring (bicyclic) bond motifs is 2. The number of amides is 3. The fraction of sp³-hybridized carbons (Fsp3) is 0.200. The van der Waals surface area contributed by atoms with Gasteiger partial charge in [-0.05, 0) is 48.0 Å². The second kappa shape index (κ2) is 12.0. The Hall–Kier alpha value is -3.79. The maximum atomic E-state index is 14.0. The third-order valence-electron chi connectivity index (χ3n) is 7.57. The van der Waals surface area contributed by atoms with Crippen molar-refractivity contribution in [2.45, 2.75) is 35.1 Å². The molecule has 0 radical (unpaired) electrons. The van der Waals surface area contributed by atoms with Crippen molar-refractivity contribution in [1.82, 2.24) is 4.57 Å². The predicted molar refractivity (Wildman–Crippen MR) is 164 cm³/mol. The second-order valence-corrected chi connectivity index (χ2v) is 13.4. The zero-order valence-electron chi connectivity index (χ0n) is 23.2. The first kappa shape index (κ1) is 33.1. The summed E-state index contributed by atoms with van der Waals surface area (Å²) in [5.74, 6) is -4.83. The first-order valence-corrected chi connectivity index (χ1v) is 15.9. The molecular weight excluding hydrogens is 715 g/mol. The number of nitrogens with one attached hydrogen (secondary N) is 1. The highest BCUT2D eigenvalue weighted by atomic mass is 35.5. The number of anilines is 2. The van der Waals surface area contributed by atoms with Gasteiger partial charge in [-0.3, -0.25) is 23.7 Å². The molecule has 0 unspecified atom stereocenters. The highest BCUT2D eigenvalue weighted by Crippen LogP contribution is 2.55. The van der Waals surface area contributed by atoms with Crippen LogP contribution in [-0.2, 0) is 33.3 Å². The fourth-order valence-electron chi connectivity index (χ4n) is 5.54. The summed E-state index contributed by atoms with van der Waals surface area (Å²) < 4.78 is 81.1. The minimum absolute atomic E-state index is 0.0169. The number of carbonyl (C=O) groups excluding carboxylic acids is 3. The molecule has 244 valence electrons. The van der Waals surface area contributed by atoms with Crippen LogP contribution in [-0.4, -0.2) is 27.5 Å². The van der Waals surface area contributed by atoms with Crippen LogP contribution >= 0.6 is 46.3 Å². The van der Waals surface area contributed by atoms with Gasteiger partial charge in [-0.2, -0.15) is 26.3 Å². The zero-order valence-corrected chi connectivity index (χ0v) is 26.3. The molecule has 1 N–H and O–H groups in total. The Morgan fingerprint density at radius 1 is 0.851 bits per heavy atom. The zero-order chi connectivity index (χ0) is 34.0. The van der Waals surface area contributed by atoms with Crippen molar-refractivity contribution in [1.29, 1.82) is 0 Å². The largest absolute Gasteiger partial charge is 0.416 e. The quantitative estimate of drug-likeness (QED) is 0.168. The Balaban J connectivity index is 1.41. The van der Waals surface area contributed by atoms with Crippen LogP contribution < -0.4 is 15.1 Å². The molecule has 3 heterocycles. The molecule has 7 nitrogen and oxygen atoms in total. The van der Waals surface area contributed by atoms with Crippen molar-refractivity contribution in [3.8, 4) is 0 Å². The Morgan fingerprint density at radius 2 is 1.49 bits per heavy atom. The monoisotopic (exact) mass is 731 g/mol. The molecule has 2 aliphatic heterocycles. The molecule has 1 saturated heterocycles. The van der Waals surface area contributed by atoms with E-state index < -0.39 is 69.7 Å². The number of hydrogen-bond acceptors (Lipinski definition) is 6. The van der Waals surface area contributed by atoms with Gasteiger partial charge in [-0.1, -0.05) is 70.6 Å². The number of imide groups is 1. The summed E-state index contributed by atoms with van der Waals surface area (Å²) in [4.78, 5) is 54.4. The van der Waals surface area contributed by atoms with Gasteiger partial charge < -0.3 is 5.32 Å². The van der Waals surface area contributed by atoms with Crippen molar-refractivity contribution >= 4 is 75.4 Å². The van der Waals surface area contributed by atoms with E-state index in [1.54, 1.807) is 0 Å². The number of nitrogens with zero attached hydrogens (tertiary/aromatic N) is 2. The SMILES string of the molecule is O=C(Cn1c2c(sc1=O)[C@@H](c1cccc(Cl)c1Cl)[C@@H]1C(=O)N(c3cccc(C(F)(F)F)c3)C(=O)[C@@H]1S2)Nc1cccc(C(F)(F)F)c1. The summed E-state index contributed by atoms with van der Waals surface area (Å²) in [5, 5.41) is 1.31. The molecule has 47 heavy (non-hydrogen) atoms. The molecule has 1 fully saturated rings. The summed E-state index contributed by atoms with van der Waals surface area (Å²) in [6.07, 6.45) is -9.42. The lowest BCUT2D eigenvalue weighted by molar-refractivity contribution is -0.138. The molecule has 17 heteroatoms. The number of benzene rings is 3. The van der Waals surface area contributed by atoms with Gasteiger partial charge in [0.05, 0.1) is 37.8 Å². The van der Waals surface area contributed by atoms with Crippen LogP contribution in [0.4, 0.5) is 37.7 Å². The Morgan fingerprint density at radius 3 is 2.17 bits per heavy atom. The number of thioether (sulfide) groups is 1. The van der Waals surface area contributed by atoms with Crippen molar-refractivity contribution in [2.24, 2.45) is 5.92 Å². The molecule has 3 amide bonds. The molecule has 6 rings (SSSR count). The maximum absolute atomic E-state index is 14.0. The Kier molecular flexibility index (Phi) is 8.47. The minimum Gasteiger partial charge on any atom is -0.325 e. The molecule has 2 aliphatic rings. The first-order valence-electron chi connectivity index (χ1n) is 13.4. The van der Waals surface area contributed by atoms with E-state index in [9.17, 15) is 45.5 Å². The molecule has 0 saturated carbocycles. The number of aromatic nitrogens is 1. The summed E-state index contributed by atoms with van der Waals surface area (Å²) >= 11 is 14.3. The fourth-order valence-corrected chi connectivity index (χ4v) is 8.73. The van der Waals surface area contributed by atoms with Gasteiger partial charge in [0, 0.05) is 16.5 Å². The Labute approximate surface area is 279 Å². The van der Waals surface area contributed by atoms with Crippen molar-refractivity contribution in [3.05, 3.63) is 108 Å². The highest BCUT2D eigenvalue weighted by Gasteiger charge is 2.57. The average molecular weight is 733 g/mol. The second-order valence-electron chi connectivity index (χ2n) is 10.5. The van der Waals surface area contributed by atoms with Gasteiger partial charge >= 0.3 is 17.2 Å². The van der Waals surface area contributed by atoms with E-state index >= 15 is 0 Å². The lowest BCUT2D eigenvalue weighted by atomic mass is 9.83. The topological polar surface area (TPSA) is 88.5 Å². The van der Waals surface area contributed by atoms with Crippen LogP contribution in [0.25, 0.3) is 0 Å². The van der Waals surface area contributed by atoms with Gasteiger partial charge in [0.2, 0.25) is 17.7 Å². The van der Waals surface area contributed by atoms with E-state index in [0.717, 1.165) is 46.7 Å². The number of rotatable bonds is 5. The summed E-state index contributed by atoms with van der Waals surface area (Å²) in [5.41, 5.74) is -2.29. The number of hydrogen-bond donors (Lipinski definition) is 1. The van der Waals surface area contributed by atoms with Crippen LogP contribution in [0.15, 0.2) is 76.6 Å². The maximum Gasteiger partial charge on any atom is 0.416 e. The standard InChI is InChI=1S/C30H17Cl2F6N3O4S2/c31-18-9-3-8-17(22(18)32)20-21-23(26(44)41(25(21)43)16-7-2-5-14(11-16)30(36,37)38)46-27-24(20)47-28(45)40(27)12-19(42)39-15-6-1-4-13(10-15)29(33,34)35/h1-11,20-21,23H,12H2,(H,39,42)/t20-,21-,23+/m0/s1. The van der Waals surface area contributed by atoms with Crippen LogP contribution in [0.5, 0.6) is 0 Å². The van der Waals surface area contributed by atoms with Crippen molar-refractivity contribution in [3.63, 3.8) is 0 Å². The third kappa shape index (κ3) is 6.05. The van der Waals surface area contributed by atoms with Gasteiger partial charge in [0.15, 0.2) is 0 Å². The van der Waals surface area contributed by atoms with Crippen LogP contribution in [0, 0.1) is 5.92 Å². The van der Waals surface area contributed by atoms with Crippen LogP contribution in [0.3, 0.4) is 0 Å². The van der Waals surface area contributed by atoms with E-state index in [0.29, 0.717) is 22.3 Å². The van der Waals surface area contributed by atoms with E-state index in [1.165, 1.54) is 30.3 Å². The molecule has 1 aromatic heterocycles. The van der Waals surface area contributed by atoms with Crippen molar-refractivity contribution < 1.29 is 40.7 Å². The molecule has 0 spiro atoms. The van der Waals surface area contributed by atoms with Gasteiger partial charge in [0.25, 0.3) is 0 Å². The highest BCUT2D eigenvalue weighted by molar-refractivity contribution is 8.00. The van der Waals surface area contributed by atoms with E-state index in [2.05, 4.69) is 5.32 Å². The molecule has 4 aromatic rings. The predicted octanol–water partition coefficient (Wildman–Crippen LogP) is 7.69. The number of alkyl halides is 6. The first-order chi connectivity index (χ1) is 22.1. The lowest BCUT2D eigenvalue weighted by Crippen LogP contribution is -2.33. The molecular formula is C30H17Cl2F6N3O4S2. The summed E-state index contributed by atoms with van der Waals surface area (Å²) in [6, 6.07) is 12.2.